The van der Waals surface area contributed by atoms with E-state index in [4.69, 9.17) is 0 Å². The van der Waals surface area contributed by atoms with Crippen molar-refractivity contribution < 1.29 is 0 Å². The summed E-state index contributed by atoms with van der Waals surface area (Å²) in [6.07, 6.45) is 1.17. The van der Waals surface area contributed by atoms with E-state index >= 15 is 0 Å². The van der Waals surface area contributed by atoms with Crippen LogP contribution in [-0.2, 0) is 6.42 Å². The minimum Gasteiger partial charge on any atom is -0.139 e. The molecule has 0 unspecified atom stereocenters. The predicted molar refractivity (Wildman–Crippen MR) is 63.3 cm³/mol. The van der Waals surface area contributed by atoms with Crippen molar-refractivity contribution in [1.82, 2.24) is 0 Å². The first-order valence-electron chi connectivity index (χ1n) is 4.63. The van der Waals surface area contributed by atoms with Gasteiger partial charge in [-0.3, -0.25) is 0 Å². The Hall–Kier alpha value is -0.340. The van der Waals surface area contributed by atoms with Crippen LogP contribution in [-0.4, -0.2) is 0 Å². The maximum atomic E-state index is 2.25. The minimum atomic E-state index is 1.17. The van der Waals surface area contributed by atoms with Gasteiger partial charge >= 0.3 is 0 Å². The molecule has 0 aliphatic rings. The van der Waals surface area contributed by atoms with Gasteiger partial charge in [0.25, 0.3) is 0 Å². The van der Waals surface area contributed by atoms with Crippen LogP contribution in [0.25, 0.3) is 9.40 Å². The molecule has 0 bridgehead atoms. The Morgan fingerprint density at radius 1 is 0.923 bits per heavy atom. The van der Waals surface area contributed by atoms with Gasteiger partial charge in [0.05, 0.1) is 0 Å². The third-order valence-corrected chi connectivity index (χ3v) is 5.30. The molecule has 0 saturated heterocycles. The van der Waals surface area contributed by atoms with Crippen molar-refractivity contribution in [1.29, 1.82) is 0 Å². The lowest BCUT2D eigenvalue weighted by Crippen LogP contribution is -1.75. The maximum Gasteiger partial charge on any atom is 0.0490 e. The van der Waals surface area contributed by atoms with Gasteiger partial charge in [-0.25, -0.2) is 0 Å². The Morgan fingerprint density at radius 3 is 2.15 bits per heavy atom. The second kappa shape index (κ2) is 3.10. The van der Waals surface area contributed by atoms with E-state index in [1.807, 2.05) is 22.7 Å². The molecule has 0 aliphatic carbocycles. The molecule has 2 rings (SSSR count). The van der Waals surface area contributed by atoms with Gasteiger partial charge in [0.15, 0.2) is 0 Å². The Bertz CT molecular complexity index is 446. The van der Waals surface area contributed by atoms with Gasteiger partial charge in [-0.1, -0.05) is 6.92 Å². The molecule has 0 aliphatic heterocycles. The number of hydrogen-bond acceptors (Lipinski definition) is 2. The van der Waals surface area contributed by atoms with Gasteiger partial charge in [0, 0.05) is 19.2 Å². The highest BCUT2D eigenvalue weighted by Gasteiger charge is 2.13. The summed E-state index contributed by atoms with van der Waals surface area (Å²) in [5.74, 6) is 0. The van der Waals surface area contributed by atoms with Crippen LogP contribution in [0.5, 0.6) is 0 Å². The summed E-state index contributed by atoms with van der Waals surface area (Å²) in [4.78, 5) is 2.99. The lowest BCUT2D eigenvalue weighted by atomic mass is 10.2. The highest BCUT2D eigenvalue weighted by molar-refractivity contribution is 7.28. The van der Waals surface area contributed by atoms with E-state index < -0.39 is 0 Å². The zero-order valence-electron chi connectivity index (χ0n) is 8.52. The summed E-state index contributed by atoms with van der Waals surface area (Å²) in [5.41, 5.74) is 3.06. The summed E-state index contributed by atoms with van der Waals surface area (Å²) >= 11 is 3.92. The van der Waals surface area contributed by atoms with Crippen LogP contribution in [0.1, 0.15) is 27.8 Å². The summed E-state index contributed by atoms with van der Waals surface area (Å²) < 4.78 is 3.07. The van der Waals surface area contributed by atoms with Crippen LogP contribution >= 0.6 is 22.7 Å². The molecule has 70 valence electrons. The Kier molecular flexibility index (Phi) is 2.20. The predicted octanol–water partition coefficient (Wildman–Crippen LogP) is 4.45. The number of aryl methyl sites for hydroxylation is 4. The maximum absolute atomic E-state index is 2.25. The van der Waals surface area contributed by atoms with Crippen LogP contribution in [0.2, 0.25) is 0 Å². The second-order valence-electron chi connectivity index (χ2n) is 3.43. The van der Waals surface area contributed by atoms with E-state index in [-0.39, 0.29) is 0 Å². The third kappa shape index (κ3) is 1.24. The monoisotopic (exact) mass is 210 g/mol. The van der Waals surface area contributed by atoms with Gasteiger partial charge in [-0.15, -0.1) is 22.7 Å². The molecule has 0 nitrogen and oxygen atoms in total. The molecule has 2 aromatic rings. The topological polar surface area (TPSA) is 0 Å². The van der Waals surface area contributed by atoms with Crippen LogP contribution in [0.15, 0.2) is 0 Å². The molecule has 0 N–H and O–H groups in total. The lowest BCUT2D eigenvalue weighted by molar-refractivity contribution is 1.15. The zero-order chi connectivity index (χ0) is 9.59. The van der Waals surface area contributed by atoms with Crippen molar-refractivity contribution in [3.8, 4) is 0 Å². The van der Waals surface area contributed by atoms with Crippen molar-refractivity contribution in [2.45, 2.75) is 34.1 Å². The van der Waals surface area contributed by atoms with E-state index in [1.165, 1.54) is 26.4 Å². The SMILES string of the molecule is CCc1c(C)sc2c(C)c(C)sc12. The number of fused-ring (bicyclic) bond motifs is 1. The number of thiophene rings is 2. The quantitative estimate of drug-likeness (QED) is 0.652. The average molecular weight is 210 g/mol. The first-order valence-corrected chi connectivity index (χ1v) is 6.26. The highest BCUT2D eigenvalue weighted by Crippen LogP contribution is 2.40. The summed E-state index contributed by atoms with van der Waals surface area (Å²) in [5, 5.41) is 0. The number of rotatable bonds is 1. The summed E-state index contributed by atoms with van der Waals surface area (Å²) in [6, 6.07) is 0. The van der Waals surface area contributed by atoms with Crippen LogP contribution in [0.3, 0.4) is 0 Å². The van der Waals surface area contributed by atoms with Crippen molar-refractivity contribution >= 4 is 32.1 Å². The molecular formula is C11H14S2. The van der Waals surface area contributed by atoms with Crippen LogP contribution in [0, 0.1) is 20.8 Å². The third-order valence-electron chi connectivity index (χ3n) is 2.64. The van der Waals surface area contributed by atoms with Crippen molar-refractivity contribution in [2.24, 2.45) is 0 Å². The molecule has 0 fully saturated rings. The fourth-order valence-electron chi connectivity index (χ4n) is 1.71. The molecule has 2 heteroatoms. The Labute approximate surface area is 87.2 Å². The van der Waals surface area contributed by atoms with Crippen LogP contribution in [0.4, 0.5) is 0 Å². The summed E-state index contributed by atoms with van der Waals surface area (Å²) in [6.45, 7) is 8.95. The van der Waals surface area contributed by atoms with E-state index in [1.54, 1.807) is 10.3 Å². The van der Waals surface area contributed by atoms with Crippen LogP contribution < -0.4 is 0 Å². The van der Waals surface area contributed by atoms with Gasteiger partial charge < -0.3 is 0 Å². The largest absolute Gasteiger partial charge is 0.139 e. The highest BCUT2D eigenvalue weighted by atomic mass is 32.1. The fourth-order valence-corrected chi connectivity index (χ4v) is 4.52. The van der Waals surface area contributed by atoms with E-state index in [0.29, 0.717) is 0 Å². The molecule has 0 amide bonds. The standard InChI is InChI=1S/C11H14S2/c1-5-9-8(4)13-10-6(2)7(3)12-11(9)10/h5H2,1-4H3. The molecule has 13 heavy (non-hydrogen) atoms. The van der Waals surface area contributed by atoms with Crippen molar-refractivity contribution in [3.05, 3.63) is 20.9 Å². The fraction of sp³-hybridized carbons (Fsp3) is 0.455. The van der Waals surface area contributed by atoms with Crippen molar-refractivity contribution in [3.63, 3.8) is 0 Å². The molecule has 0 radical (unpaired) electrons. The van der Waals surface area contributed by atoms with Gasteiger partial charge in [-0.05, 0) is 38.3 Å². The first-order chi connectivity index (χ1) is 6.15. The molecule has 2 heterocycles. The van der Waals surface area contributed by atoms with Gasteiger partial charge in [0.1, 0.15) is 0 Å². The molecule has 2 aromatic heterocycles. The number of hydrogen-bond donors (Lipinski definition) is 0. The van der Waals surface area contributed by atoms with Gasteiger partial charge in [0.2, 0.25) is 0 Å². The van der Waals surface area contributed by atoms with Gasteiger partial charge in [-0.2, -0.15) is 0 Å². The smallest absolute Gasteiger partial charge is 0.0490 e. The molecular weight excluding hydrogens is 196 g/mol. The lowest BCUT2D eigenvalue weighted by Gasteiger charge is -1.92. The normalized spacial score (nSPS) is 11.4. The minimum absolute atomic E-state index is 1.17. The zero-order valence-corrected chi connectivity index (χ0v) is 10.2. The Balaban J connectivity index is 2.84. The Morgan fingerprint density at radius 2 is 1.54 bits per heavy atom. The van der Waals surface area contributed by atoms with E-state index in [0.717, 1.165) is 0 Å². The first kappa shape index (κ1) is 9.22. The molecule has 0 aromatic carbocycles. The molecule has 0 saturated carbocycles. The molecule has 0 atom stereocenters. The average Bonchev–Trinajstić information content (AvgIpc) is 2.52. The van der Waals surface area contributed by atoms with Crippen molar-refractivity contribution in [2.75, 3.05) is 0 Å². The second-order valence-corrected chi connectivity index (χ2v) is 5.88. The van der Waals surface area contributed by atoms with E-state index in [9.17, 15) is 0 Å². The van der Waals surface area contributed by atoms with E-state index in [2.05, 4.69) is 27.7 Å². The molecule has 0 spiro atoms. The summed E-state index contributed by atoms with van der Waals surface area (Å²) in [7, 11) is 0.